The molecule has 1 aromatic carbocycles. The molecule has 5 rings (SSSR count). The first kappa shape index (κ1) is 23.7. The minimum absolute atomic E-state index is 0.142. The summed E-state index contributed by atoms with van der Waals surface area (Å²) in [6, 6.07) is 14.0. The van der Waals surface area contributed by atoms with Crippen LogP contribution in [0, 0.1) is 11.3 Å². The smallest absolute Gasteiger partial charge is 0.278 e. The highest BCUT2D eigenvalue weighted by molar-refractivity contribution is 5.77. The van der Waals surface area contributed by atoms with E-state index in [1.54, 1.807) is 15.6 Å². The van der Waals surface area contributed by atoms with Crippen LogP contribution < -0.4 is 10.9 Å². The second-order valence-electron chi connectivity index (χ2n) is 10.2. The lowest BCUT2D eigenvalue weighted by molar-refractivity contribution is 0.313. The number of rotatable bonds is 5. The van der Waals surface area contributed by atoms with E-state index in [0.29, 0.717) is 28.5 Å². The molecule has 0 saturated heterocycles. The Balaban J connectivity index is 1.61. The fraction of sp³-hybridized carbons (Fsp3) is 0.370. The second-order valence-corrected chi connectivity index (χ2v) is 10.2. The maximum absolute atomic E-state index is 13.3. The molecule has 4 aromatic rings. The third-order valence-corrected chi connectivity index (χ3v) is 6.65. The number of nitriles is 1. The third-order valence-electron chi connectivity index (χ3n) is 6.65. The van der Waals surface area contributed by atoms with Gasteiger partial charge in [0.2, 0.25) is 5.95 Å². The number of hydrogen-bond donors (Lipinski definition) is 1. The van der Waals surface area contributed by atoms with Crippen LogP contribution in [0.25, 0.3) is 16.9 Å². The fourth-order valence-corrected chi connectivity index (χ4v) is 4.59. The van der Waals surface area contributed by atoms with E-state index in [4.69, 9.17) is 9.97 Å². The summed E-state index contributed by atoms with van der Waals surface area (Å²) in [5, 5.41) is 13.3. The van der Waals surface area contributed by atoms with Crippen LogP contribution in [-0.2, 0) is 18.4 Å². The fourth-order valence-electron chi connectivity index (χ4n) is 4.59. The average Bonchev–Trinajstić information content (AvgIpc) is 3.16. The number of anilines is 2. The van der Waals surface area contributed by atoms with Crippen molar-refractivity contribution in [1.29, 1.82) is 5.26 Å². The maximum atomic E-state index is 13.3. The summed E-state index contributed by atoms with van der Waals surface area (Å²) in [5.74, 6) is 0.928. The van der Waals surface area contributed by atoms with Crippen LogP contribution in [0.15, 0.2) is 47.4 Å². The Kier molecular flexibility index (Phi) is 5.85. The first-order valence-electron chi connectivity index (χ1n) is 12.1. The van der Waals surface area contributed by atoms with Gasteiger partial charge in [0, 0.05) is 31.0 Å². The molecule has 0 saturated carbocycles. The largest absolute Gasteiger partial charge is 0.324 e. The van der Waals surface area contributed by atoms with E-state index in [0.717, 1.165) is 25.2 Å². The molecular formula is C27H30N8O. The third kappa shape index (κ3) is 4.14. The Labute approximate surface area is 210 Å². The molecule has 0 amide bonds. The van der Waals surface area contributed by atoms with E-state index in [-0.39, 0.29) is 11.6 Å². The number of pyridine rings is 1. The quantitative estimate of drug-likeness (QED) is 0.457. The highest BCUT2D eigenvalue weighted by atomic mass is 16.1. The molecule has 36 heavy (non-hydrogen) atoms. The second kappa shape index (κ2) is 8.88. The zero-order valence-electron chi connectivity index (χ0n) is 21.3. The average molecular weight is 483 g/mol. The number of benzene rings is 1. The minimum atomic E-state index is -0.773. The molecule has 0 fully saturated rings. The Hall–Kier alpha value is -4.03. The van der Waals surface area contributed by atoms with Gasteiger partial charge in [0.25, 0.3) is 5.56 Å². The van der Waals surface area contributed by atoms with Gasteiger partial charge in [-0.3, -0.25) is 4.79 Å². The number of nitrogens with one attached hydrogen (secondary N) is 1. The summed E-state index contributed by atoms with van der Waals surface area (Å²) in [6.07, 6.45) is 2.57. The lowest BCUT2D eigenvalue weighted by atomic mass is 9.91. The van der Waals surface area contributed by atoms with Gasteiger partial charge in [-0.25, -0.2) is 19.3 Å². The van der Waals surface area contributed by atoms with Gasteiger partial charge in [-0.2, -0.15) is 10.2 Å². The molecule has 0 atom stereocenters. The number of hydrogen-bond acceptors (Lipinski definition) is 7. The zero-order chi connectivity index (χ0) is 25.6. The van der Waals surface area contributed by atoms with Crippen molar-refractivity contribution >= 4 is 22.7 Å². The van der Waals surface area contributed by atoms with E-state index in [1.165, 1.54) is 11.1 Å². The number of nitrogens with zero attached hydrogens (tertiary/aromatic N) is 7. The molecule has 4 heterocycles. The molecule has 184 valence electrons. The molecule has 0 aliphatic carbocycles. The normalized spacial score (nSPS) is 14.1. The Morgan fingerprint density at radius 2 is 1.94 bits per heavy atom. The summed E-state index contributed by atoms with van der Waals surface area (Å²) in [5.41, 5.74) is 3.69. The van der Waals surface area contributed by atoms with Gasteiger partial charge in [-0.15, -0.1) is 0 Å². The van der Waals surface area contributed by atoms with Crippen molar-refractivity contribution in [3.8, 4) is 11.9 Å². The topological polar surface area (TPSA) is 105 Å². The van der Waals surface area contributed by atoms with Crippen molar-refractivity contribution in [3.63, 3.8) is 0 Å². The van der Waals surface area contributed by atoms with Gasteiger partial charge in [0.05, 0.1) is 17.2 Å². The molecule has 0 unspecified atom stereocenters. The van der Waals surface area contributed by atoms with Gasteiger partial charge in [-0.05, 0) is 76.6 Å². The van der Waals surface area contributed by atoms with Crippen molar-refractivity contribution in [3.05, 3.63) is 69.8 Å². The zero-order valence-corrected chi connectivity index (χ0v) is 21.3. The lowest BCUT2D eigenvalue weighted by Crippen LogP contribution is -2.26. The Morgan fingerprint density at radius 1 is 1.14 bits per heavy atom. The van der Waals surface area contributed by atoms with Crippen molar-refractivity contribution in [2.45, 2.75) is 52.1 Å². The van der Waals surface area contributed by atoms with Crippen LogP contribution >= 0.6 is 0 Å². The Morgan fingerprint density at radius 3 is 2.69 bits per heavy atom. The summed E-state index contributed by atoms with van der Waals surface area (Å²) in [7, 11) is 2.13. The summed E-state index contributed by atoms with van der Waals surface area (Å²) in [6.45, 7) is 9.50. The van der Waals surface area contributed by atoms with Crippen LogP contribution in [0.1, 0.15) is 50.6 Å². The molecule has 1 aliphatic rings. The molecule has 1 N–H and O–H groups in total. The van der Waals surface area contributed by atoms with Crippen LogP contribution in [0.2, 0.25) is 0 Å². The van der Waals surface area contributed by atoms with Gasteiger partial charge in [0.15, 0.2) is 11.5 Å². The first-order valence-corrected chi connectivity index (χ1v) is 12.1. The van der Waals surface area contributed by atoms with E-state index in [9.17, 15) is 10.1 Å². The van der Waals surface area contributed by atoms with Crippen LogP contribution in [0.4, 0.5) is 11.6 Å². The van der Waals surface area contributed by atoms with Crippen LogP contribution in [0.5, 0.6) is 0 Å². The van der Waals surface area contributed by atoms with E-state index < -0.39 is 5.41 Å². The SMILES string of the molecule is CC(C)n1c(=O)c2cnc(Nc3ccc4c(c3)CCN(C)C4)nc2n1-c1cccc(C(C)(C)C#N)n1. The van der Waals surface area contributed by atoms with Crippen LogP contribution in [-0.4, -0.2) is 42.8 Å². The van der Waals surface area contributed by atoms with E-state index in [2.05, 4.69) is 40.5 Å². The molecule has 0 spiro atoms. The summed E-state index contributed by atoms with van der Waals surface area (Å²) < 4.78 is 3.36. The molecule has 9 heteroatoms. The van der Waals surface area contributed by atoms with Crippen molar-refractivity contribution < 1.29 is 0 Å². The molecule has 3 aromatic heterocycles. The van der Waals surface area contributed by atoms with E-state index in [1.807, 2.05) is 52.0 Å². The number of likely N-dealkylation sites (N-methyl/N-ethyl adjacent to an activating group) is 1. The van der Waals surface area contributed by atoms with Gasteiger partial charge in [-0.1, -0.05) is 12.1 Å². The van der Waals surface area contributed by atoms with Crippen molar-refractivity contribution in [2.24, 2.45) is 0 Å². The molecule has 9 nitrogen and oxygen atoms in total. The number of fused-ring (bicyclic) bond motifs is 2. The van der Waals surface area contributed by atoms with Crippen molar-refractivity contribution in [2.75, 3.05) is 18.9 Å². The lowest BCUT2D eigenvalue weighted by Gasteiger charge is -2.25. The summed E-state index contributed by atoms with van der Waals surface area (Å²) in [4.78, 5) is 29.6. The predicted octanol–water partition coefficient (Wildman–Crippen LogP) is 4.09. The standard InChI is InChI=1S/C27H30N8O/c1-17(2)34-25(36)21-14-29-26(30-20-10-9-19-15-33(5)12-11-18(19)13-20)32-24(21)35(34)23-8-6-7-22(31-23)27(3,4)16-28/h6-10,13-14,17H,11-12,15H2,1-5H3,(H,29,30,32). The minimum Gasteiger partial charge on any atom is -0.324 e. The highest BCUT2D eigenvalue weighted by Gasteiger charge is 2.24. The first-order chi connectivity index (χ1) is 17.2. The molecular weight excluding hydrogens is 452 g/mol. The number of aromatic nitrogens is 5. The predicted molar refractivity (Wildman–Crippen MR) is 140 cm³/mol. The molecule has 0 bridgehead atoms. The highest BCUT2D eigenvalue weighted by Crippen LogP contribution is 2.26. The van der Waals surface area contributed by atoms with Gasteiger partial charge >= 0.3 is 0 Å². The molecule has 1 aliphatic heterocycles. The maximum Gasteiger partial charge on any atom is 0.278 e. The van der Waals surface area contributed by atoms with E-state index >= 15 is 0 Å². The molecule has 0 radical (unpaired) electrons. The van der Waals surface area contributed by atoms with Gasteiger partial charge < -0.3 is 10.2 Å². The van der Waals surface area contributed by atoms with Gasteiger partial charge in [0.1, 0.15) is 5.39 Å². The van der Waals surface area contributed by atoms with Crippen LogP contribution in [0.3, 0.4) is 0 Å². The monoisotopic (exact) mass is 482 g/mol. The Bertz CT molecular complexity index is 1560. The summed E-state index contributed by atoms with van der Waals surface area (Å²) >= 11 is 0. The van der Waals surface area contributed by atoms with Crippen molar-refractivity contribution in [1.82, 2.24) is 29.2 Å².